The van der Waals surface area contributed by atoms with E-state index in [9.17, 15) is 10.0 Å². The average Bonchev–Trinajstić information content (AvgIpc) is 2.26. The maximum atomic E-state index is 11.9. The third kappa shape index (κ3) is 2.49. The number of amides is 1. The summed E-state index contributed by atoms with van der Waals surface area (Å²) in [5.74, 6) is -0.122. The molecule has 0 aromatic heterocycles. The van der Waals surface area contributed by atoms with Gasteiger partial charge in [0.1, 0.15) is 5.75 Å². The average molecular weight is 276 g/mol. The first-order chi connectivity index (χ1) is 7.99. The van der Waals surface area contributed by atoms with Crippen LogP contribution in [0.25, 0.3) is 0 Å². The normalized spacial score (nSPS) is 20.8. The Morgan fingerprint density at radius 2 is 2.29 bits per heavy atom. The Balaban J connectivity index is 2.32. The van der Waals surface area contributed by atoms with Crippen molar-refractivity contribution in [3.8, 4) is 5.75 Å². The number of nitrogens with zero attached hydrogens (tertiary/aromatic N) is 1. The molecule has 2 atom stereocenters. The number of hydrogen-bond acceptors (Lipinski definition) is 3. The molecule has 0 radical (unpaired) electrons. The Kier molecular flexibility index (Phi) is 3.47. The van der Waals surface area contributed by atoms with Crippen LogP contribution in [0, 0.1) is 0 Å². The van der Waals surface area contributed by atoms with Crippen molar-refractivity contribution in [3.05, 3.63) is 28.8 Å². The van der Waals surface area contributed by atoms with Gasteiger partial charge < -0.3 is 4.74 Å². The largest absolute Gasteiger partial charge is 0.467 e. The molecule has 1 amide bonds. The smallest absolute Gasteiger partial charge is 0.284 e. The predicted octanol–water partition coefficient (Wildman–Crippen LogP) is 2.91. The Morgan fingerprint density at radius 3 is 2.94 bits per heavy atom. The summed E-state index contributed by atoms with van der Waals surface area (Å²) in [5.41, 5.74) is 0.249. The third-order valence-electron chi connectivity index (χ3n) is 2.44. The molecule has 1 aromatic carbocycles. The van der Waals surface area contributed by atoms with Crippen LogP contribution in [0.1, 0.15) is 23.7 Å². The minimum atomic E-state index is -0.760. The van der Waals surface area contributed by atoms with Crippen molar-refractivity contribution in [1.82, 2.24) is 5.06 Å². The zero-order valence-corrected chi connectivity index (χ0v) is 10.6. The molecule has 1 aliphatic rings. The fourth-order valence-electron chi connectivity index (χ4n) is 1.65. The van der Waals surface area contributed by atoms with Gasteiger partial charge >= 0.3 is 0 Å². The van der Waals surface area contributed by atoms with Crippen LogP contribution in [0.15, 0.2) is 18.2 Å². The molecule has 1 aliphatic heterocycles. The van der Waals surface area contributed by atoms with E-state index in [1.165, 1.54) is 6.07 Å². The summed E-state index contributed by atoms with van der Waals surface area (Å²) in [6.07, 6.45) is -0.421. The van der Waals surface area contributed by atoms with Crippen molar-refractivity contribution in [3.63, 3.8) is 0 Å². The Bertz CT molecular complexity index is 450. The third-order valence-corrected chi connectivity index (χ3v) is 2.86. The number of rotatable bonds is 2. The number of benzene rings is 1. The highest BCUT2D eigenvalue weighted by atomic mass is 35.5. The maximum absolute atomic E-state index is 11.9. The van der Waals surface area contributed by atoms with Crippen LogP contribution in [0.4, 0.5) is 0 Å². The van der Waals surface area contributed by atoms with Gasteiger partial charge in [0.05, 0.1) is 5.56 Å². The van der Waals surface area contributed by atoms with Crippen LogP contribution in [-0.4, -0.2) is 27.8 Å². The number of carbonyl (C=O) groups is 1. The van der Waals surface area contributed by atoms with Gasteiger partial charge in [-0.25, -0.2) is 0 Å². The summed E-state index contributed by atoms with van der Waals surface area (Å²) in [4.78, 5) is 11.9. The second-order valence-corrected chi connectivity index (χ2v) is 5.06. The molecule has 0 bridgehead atoms. The summed E-state index contributed by atoms with van der Waals surface area (Å²) in [5, 5.41) is 10.4. The van der Waals surface area contributed by atoms with E-state index in [-0.39, 0.29) is 10.9 Å². The van der Waals surface area contributed by atoms with Gasteiger partial charge in [-0.1, -0.05) is 11.6 Å². The quantitative estimate of drug-likeness (QED) is 0.667. The number of hydrogen-bond donors (Lipinski definition) is 1. The molecule has 0 saturated carbocycles. The fraction of sp³-hybridized carbons (Fsp3) is 0.364. The first kappa shape index (κ1) is 12.5. The lowest BCUT2D eigenvalue weighted by Crippen LogP contribution is -2.46. The lowest BCUT2D eigenvalue weighted by molar-refractivity contribution is -0.155. The highest BCUT2D eigenvalue weighted by molar-refractivity contribution is 6.31. The van der Waals surface area contributed by atoms with E-state index in [0.717, 1.165) is 0 Å². The SMILES string of the molecule is CC(Cl)CC1Oc2ccc(Cl)cc2C(=O)N1O. The van der Waals surface area contributed by atoms with E-state index in [1.807, 2.05) is 0 Å². The van der Waals surface area contributed by atoms with Gasteiger partial charge in [-0.05, 0) is 25.1 Å². The van der Waals surface area contributed by atoms with E-state index in [2.05, 4.69) is 0 Å². The van der Waals surface area contributed by atoms with Crippen molar-refractivity contribution < 1.29 is 14.7 Å². The van der Waals surface area contributed by atoms with Crippen LogP contribution >= 0.6 is 23.2 Å². The highest BCUT2D eigenvalue weighted by Crippen LogP contribution is 2.31. The number of hydroxylamine groups is 2. The summed E-state index contributed by atoms with van der Waals surface area (Å²) in [6, 6.07) is 4.69. The number of fused-ring (bicyclic) bond motifs is 1. The topological polar surface area (TPSA) is 49.8 Å². The lowest BCUT2D eigenvalue weighted by Gasteiger charge is -2.32. The van der Waals surface area contributed by atoms with E-state index in [4.69, 9.17) is 27.9 Å². The van der Waals surface area contributed by atoms with Gasteiger partial charge in [0.15, 0.2) is 6.23 Å². The second kappa shape index (κ2) is 4.72. The number of alkyl halides is 1. The molecule has 92 valence electrons. The zero-order chi connectivity index (χ0) is 12.6. The number of ether oxygens (including phenoxy) is 1. The molecule has 1 heterocycles. The summed E-state index contributed by atoms with van der Waals surface area (Å²) in [7, 11) is 0. The molecule has 0 fully saturated rings. The molecule has 17 heavy (non-hydrogen) atoms. The van der Waals surface area contributed by atoms with Crippen LogP contribution < -0.4 is 4.74 Å². The Labute approximate surface area is 109 Å². The second-order valence-electron chi connectivity index (χ2n) is 3.88. The Morgan fingerprint density at radius 1 is 1.59 bits per heavy atom. The Hall–Kier alpha value is -0.970. The predicted molar refractivity (Wildman–Crippen MR) is 63.8 cm³/mol. The van der Waals surface area contributed by atoms with E-state index in [0.29, 0.717) is 22.3 Å². The van der Waals surface area contributed by atoms with E-state index in [1.54, 1.807) is 19.1 Å². The van der Waals surface area contributed by atoms with Crippen LogP contribution in [-0.2, 0) is 0 Å². The van der Waals surface area contributed by atoms with Crippen LogP contribution in [0.3, 0.4) is 0 Å². The van der Waals surface area contributed by atoms with Gasteiger partial charge in [0.2, 0.25) is 0 Å². The zero-order valence-electron chi connectivity index (χ0n) is 9.06. The van der Waals surface area contributed by atoms with E-state index >= 15 is 0 Å². The van der Waals surface area contributed by atoms with Gasteiger partial charge in [-0.3, -0.25) is 10.0 Å². The molecule has 4 nitrogen and oxygen atoms in total. The number of carbonyl (C=O) groups excluding carboxylic acids is 1. The lowest BCUT2D eigenvalue weighted by atomic mass is 10.1. The summed E-state index contributed by atoms with van der Waals surface area (Å²) < 4.78 is 5.49. The molecule has 0 saturated heterocycles. The molecular formula is C11H11Cl2NO3. The van der Waals surface area contributed by atoms with Crippen LogP contribution in [0.5, 0.6) is 5.75 Å². The first-order valence-electron chi connectivity index (χ1n) is 5.11. The molecule has 2 rings (SSSR count). The maximum Gasteiger partial charge on any atom is 0.284 e. The minimum absolute atomic E-state index is 0.212. The molecule has 0 aliphatic carbocycles. The van der Waals surface area contributed by atoms with Gasteiger partial charge in [0, 0.05) is 16.8 Å². The number of halogens is 2. The van der Waals surface area contributed by atoms with E-state index < -0.39 is 12.1 Å². The minimum Gasteiger partial charge on any atom is -0.467 e. The molecule has 2 unspecified atom stereocenters. The monoisotopic (exact) mass is 275 g/mol. The highest BCUT2D eigenvalue weighted by Gasteiger charge is 2.33. The van der Waals surface area contributed by atoms with Gasteiger partial charge in [-0.15, -0.1) is 11.6 Å². The first-order valence-corrected chi connectivity index (χ1v) is 5.93. The van der Waals surface area contributed by atoms with Crippen molar-refractivity contribution in [1.29, 1.82) is 0 Å². The fourth-order valence-corrected chi connectivity index (χ4v) is 1.97. The molecular weight excluding hydrogens is 265 g/mol. The van der Waals surface area contributed by atoms with Crippen LogP contribution in [0.2, 0.25) is 5.02 Å². The molecule has 6 heteroatoms. The standard InChI is InChI=1S/C11H11Cl2NO3/c1-6(12)4-10-14(16)11(15)8-5-7(13)2-3-9(8)17-10/h2-3,5-6,10,16H,4H2,1H3. The van der Waals surface area contributed by atoms with Crippen molar-refractivity contribution in [2.75, 3.05) is 0 Å². The molecule has 1 N–H and O–H groups in total. The van der Waals surface area contributed by atoms with Gasteiger partial charge in [-0.2, -0.15) is 5.06 Å². The summed E-state index contributed by atoms with van der Waals surface area (Å²) >= 11 is 11.6. The van der Waals surface area contributed by atoms with Crippen molar-refractivity contribution >= 4 is 29.1 Å². The molecule has 1 aromatic rings. The summed E-state index contributed by atoms with van der Waals surface area (Å²) in [6.45, 7) is 1.76. The van der Waals surface area contributed by atoms with Gasteiger partial charge in [0.25, 0.3) is 5.91 Å². The van der Waals surface area contributed by atoms with Crippen molar-refractivity contribution in [2.45, 2.75) is 24.9 Å². The molecule has 0 spiro atoms. The van der Waals surface area contributed by atoms with Crippen molar-refractivity contribution in [2.24, 2.45) is 0 Å².